The molecular formula is C13H18BrNO3. The van der Waals surface area contributed by atoms with Crippen LogP contribution in [0.5, 0.6) is 0 Å². The summed E-state index contributed by atoms with van der Waals surface area (Å²) in [5.74, 6) is -0.347. The molecule has 100 valence electrons. The van der Waals surface area contributed by atoms with Crippen LogP contribution in [0.3, 0.4) is 0 Å². The number of aliphatic hydroxyl groups is 1. The third-order valence-corrected chi connectivity index (χ3v) is 3.16. The number of carbonyl (C=O) groups excluding carboxylic acids is 1. The largest absolute Gasteiger partial charge is 0.389 e. The van der Waals surface area contributed by atoms with E-state index in [0.29, 0.717) is 0 Å². The van der Waals surface area contributed by atoms with Gasteiger partial charge in [0.1, 0.15) is 0 Å². The summed E-state index contributed by atoms with van der Waals surface area (Å²) in [6.45, 7) is 2.25. The molecule has 1 amide bonds. The van der Waals surface area contributed by atoms with Gasteiger partial charge in [-0.2, -0.15) is 0 Å². The van der Waals surface area contributed by atoms with Gasteiger partial charge in [0.05, 0.1) is 18.6 Å². The molecule has 2 atom stereocenters. The second-order valence-electron chi connectivity index (χ2n) is 4.13. The Kier molecular flexibility index (Phi) is 6.32. The zero-order valence-corrected chi connectivity index (χ0v) is 12.1. The van der Waals surface area contributed by atoms with E-state index in [1.54, 1.807) is 0 Å². The van der Waals surface area contributed by atoms with Gasteiger partial charge in [0, 0.05) is 18.1 Å². The van der Waals surface area contributed by atoms with Crippen molar-refractivity contribution < 1.29 is 14.6 Å². The molecule has 0 unspecified atom stereocenters. The summed E-state index contributed by atoms with van der Waals surface area (Å²) in [4.78, 5) is 11.9. The van der Waals surface area contributed by atoms with Gasteiger partial charge in [-0.05, 0) is 24.6 Å². The Morgan fingerprint density at radius 3 is 2.61 bits per heavy atom. The summed E-state index contributed by atoms with van der Waals surface area (Å²) in [6.07, 6.45) is -0.670. The van der Waals surface area contributed by atoms with E-state index in [0.717, 1.165) is 10.0 Å². The summed E-state index contributed by atoms with van der Waals surface area (Å²) in [7, 11) is 1.51. The molecule has 1 rings (SSSR count). The van der Waals surface area contributed by atoms with E-state index in [4.69, 9.17) is 4.74 Å². The lowest BCUT2D eigenvalue weighted by Gasteiger charge is -2.15. The average molecular weight is 316 g/mol. The van der Waals surface area contributed by atoms with Crippen LogP contribution in [-0.4, -0.2) is 37.4 Å². The van der Waals surface area contributed by atoms with Crippen LogP contribution in [0.15, 0.2) is 28.7 Å². The van der Waals surface area contributed by atoms with Crippen LogP contribution in [0.25, 0.3) is 0 Å². The molecule has 0 saturated heterocycles. The minimum Gasteiger partial charge on any atom is -0.389 e. The van der Waals surface area contributed by atoms with Gasteiger partial charge in [0.25, 0.3) is 0 Å². The molecule has 18 heavy (non-hydrogen) atoms. The van der Waals surface area contributed by atoms with E-state index in [-0.39, 0.29) is 25.0 Å². The Balaban J connectivity index is 2.48. The first-order valence-electron chi connectivity index (χ1n) is 5.74. The second kappa shape index (κ2) is 7.51. The first-order valence-corrected chi connectivity index (χ1v) is 6.54. The predicted molar refractivity (Wildman–Crippen MR) is 73.4 cm³/mol. The normalized spacial score (nSPS) is 14.0. The van der Waals surface area contributed by atoms with Crippen LogP contribution in [0, 0.1) is 0 Å². The molecule has 0 aromatic heterocycles. The summed E-state index contributed by atoms with van der Waals surface area (Å²) in [6, 6.07) is 7.61. The lowest BCUT2D eigenvalue weighted by molar-refractivity contribution is -0.122. The fourth-order valence-corrected chi connectivity index (χ4v) is 1.79. The molecule has 0 aliphatic heterocycles. The molecule has 5 heteroatoms. The van der Waals surface area contributed by atoms with E-state index in [1.807, 2.05) is 31.2 Å². The molecule has 0 aliphatic rings. The number of hydrogen-bond acceptors (Lipinski definition) is 3. The number of amides is 1. The number of hydrogen-bond donors (Lipinski definition) is 2. The molecule has 0 spiro atoms. The summed E-state index contributed by atoms with van der Waals surface area (Å²) in [5.41, 5.74) is 0.942. The van der Waals surface area contributed by atoms with Gasteiger partial charge in [-0.15, -0.1) is 0 Å². The SMILES string of the molecule is COC[C@@H](O)CNC(=O)[C@@H](C)c1ccc(Br)cc1. The van der Waals surface area contributed by atoms with Gasteiger partial charge in [0.15, 0.2) is 0 Å². The molecule has 0 radical (unpaired) electrons. The predicted octanol–water partition coefficient (Wildman–Crippen LogP) is 1.68. The molecular weight excluding hydrogens is 298 g/mol. The monoisotopic (exact) mass is 315 g/mol. The third-order valence-electron chi connectivity index (χ3n) is 2.63. The smallest absolute Gasteiger partial charge is 0.227 e. The molecule has 0 aliphatic carbocycles. The van der Waals surface area contributed by atoms with Gasteiger partial charge < -0.3 is 15.2 Å². The topological polar surface area (TPSA) is 58.6 Å². The lowest BCUT2D eigenvalue weighted by Crippen LogP contribution is -2.36. The van der Waals surface area contributed by atoms with Gasteiger partial charge in [-0.3, -0.25) is 4.79 Å². The highest BCUT2D eigenvalue weighted by Crippen LogP contribution is 2.18. The highest BCUT2D eigenvalue weighted by Gasteiger charge is 2.15. The Labute approximate surface area is 115 Å². The Bertz CT molecular complexity index is 380. The Morgan fingerprint density at radius 2 is 2.06 bits per heavy atom. The quantitative estimate of drug-likeness (QED) is 0.839. The summed E-state index contributed by atoms with van der Waals surface area (Å²) >= 11 is 3.35. The van der Waals surface area contributed by atoms with Crippen molar-refractivity contribution in [2.45, 2.75) is 18.9 Å². The average Bonchev–Trinajstić information content (AvgIpc) is 2.36. The van der Waals surface area contributed by atoms with E-state index < -0.39 is 6.10 Å². The number of nitrogens with one attached hydrogen (secondary N) is 1. The zero-order valence-electron chi connectivity index (χ0n) is 10.5. The number of benzene rings is 1. The van der Waals surface area contributed by atoms with E-state index in [1.165, 1.54) is 7.11 Å². The van der Waals surface area contributed by atoms with E-state index >= 15 is 0 Å². The number of carbonyl (C=O) groups is 1. The first kappa shape index (κ1) is 15.1. The summed E-state index contributed by atoms with van der Waals surface area (Å²) < 4.78 is 5.77. The van der Waals surface area contributed by atoms with Crippen LogP contribution in [0.4, 0.5) is 0 Å². The molecule has 2 N–H and O–H groups in total. The Morgan fingerprint density at radius 1 is 1.44 bits per heavy atom. The standard InChI is InChI=1S/C13H18BrNO3/c1-9(10-3-5-11(14)6-4-10)13(17)15-7-12(16)8-18-2/h3-6,9,12,16H,7-8H2,1-2H3,(H,15,17)/t9-,12-/m0/s1. The van der Waals surface area contributed by atoms with Gasteiger partial charge in [-0.1, -0.05) is 28.1 Å². The minimum atomic E-state index is -0.670. The van der Waals surface area contributed by atoms with Gasteiger partial charge in [-0.25, -0.2) is 0 Å². The van der Waals surface area contributed by atoms with Crippen LogP contribution in [0.1, 0.15) is 18.4 Å². The van der Waals surface area contributed by atoms with Crippen LogP contribution in [0.2, 0.25) is 0 Å². The highest BCUT2D eigenvalue weighted by atomic mass is 79.9. The van der Waals surface area contributed by atoms with Crippen molar-refractivity contribution in [3.63, 3.8) is 0 Å². The van der Waals surface area contributed by atoms with Gasteiger partial charge in [0.2, 0.25) is 5.91 Å². The Hall–Kier alpha value is -0.910. The van der Waals surface area contributed by atoms with Crippen molar-refractivity contribution in [2.24, 2.45) is 0 Å². The number of ether oxygens (including phenoxy) is 1. The summed E-state index contributed by atoms with van der Waals surface area (Å²) in [5, 5.41) is 12.1. The van der Waals surface area contributed by atoms with Crippen molar-refractivity contribution in [3.8, 4) is 0 Å². The van der Waals surface area contributed by atoms with Crippen LogP contribution >= 0.6 is 15.9 Å². The lowest BCUT2D eigenvalue weighted by atomic mass is 10.0. The second-order valence-corrected chi connectivity index (χ2v) is 5.04. The third kappa shape index (κ3) is 4.76. The minimum absolute atomic E-state index is 0.104. The molecule has 0 fully saturated rings. The molecule has 4 nitrogen and oxygen atoms in total. The first-order chi connectivity index (χ1) is 8.54. The van der Waals surface area contributed by atoms with Crippen LogP contribution < -0.4 is 5.32 Å². The number of methoxy groups -OCH3 is 1. The van der Waals surface area contributed by atoms with Crippen molar-refractivity contribution in [1.29, 1.82) is 0 Å². The maximum atomic E-state index is 11.9. The maximum Gasteiger partial charge on any atom is 0.227 e. The van der Waals surface area contributed by atoms with Crippen molar-refractivity contribution in [1.82, 2.24) is 5.32 Å². The molecule has 0 bridgehead atoms. The van der Waals surface area contributed by atoms with Crippen molar-refractivity contribution in [3.05, 3.63) is 34.3 Å². The zero-order chi connectivity index (χ0) is 13.5. The van der Waals surface area contributed by atoms with Gasteiger partial charge >= 0.3 is 0 Å². The molecule has 1 aromatic carbocycles. The fraction of sp³-hybridized carbons (Fsp3) is 0.462. The van der Waals surface area contributed by atoms with Crippen LogP contribution in [-0.2, 0) is 9.53 Å². The van der Waals surface area contributed by atoms with Crippen molar-refractivity contribution >= 4 is 21.8 Å². The number of halogens is 1. The van der Waals surface area contributed by atoms with E-state index in [9.17, 15) is 9.90 Å². The molecule has 0 heterocycles. The molecule has 0 saturated carbocycles. The fourth-order valence-electron chi connectivity index (χ4n) is 1.53. The highest BCUT2D eigenvalue weighted by molar-refractivity contribution is 9.10. The molecule has 1 aromatic rings. The number of aliphatic hydroxyl groups excluding tert-OH is 1. The van der Waals surface area contributed by atoms with Crippen molar-refractivity contribution in [2.75, 3.05) is 20.3 Å². The number of rotatable bonds is 6. The maximum absolute atomic E-state index is 11.9. The van der Waals surface area contributed by atoms with E-state index in [2.05, 4.69) is 21.2 Å².